The van der Waals surface area contributed by atoms with E-state index in [0.29, 0.717) is 0 Å². The van der Waals surface area contributed by atoms with Gasteiger partial charge in [-0.25, -0.2) is 9.37 Å². The summed E-state index contributed by atoms with van der Waals surface area (Å²) in [6.07, 6.45) is -4.36. The van der Waals surface area contributed by atoms with Crippen LogP contribution in [0.1, 0.15) is 27.2 Å². The average Bonchev–Trinajstić information content (AvgIpc) is 3.37. The van der Waals surface area contributed by atoms with Crippen molar-refractivity contribution in [1.29, 1.82) is 0 Å². The minimum absolute atomic E-state index is 0.0255. The predicted octanol–water partition coefficient (Wildman–Crippen LogP) is 5.70. The van der Waals surface area contributed by atoms with Crippen LogP contribution in [-0.2, 0) is 23.9 Å². The van der Waals surface area contributed by atoms with Crippen molar-refractivity contribution in [3.05, 3.63) is 112 Å². The van der Waals surface area contributed by atoms with Gasteiger partial charge in [0.05, 0.1) is 11.3 Å². The smallest absolute Gasteiger partial charge is 0.350 e. The van der Waals surface area contributed by atoms with Gasteiger partial charge in [0.1, 0.15) is 17.6 Å². The van der Waals surface area contributed by atoms with Gasteiger partial charge in [-0.1, -0.05) is 54.6 Å². The molecule has 196 valence electrons. The van der Waals surface area contributed by atoms with Crippen LogP contribution in [0.25, 0.3) is 0 Å². The molecule has 0 saturated heterocycles. The number of carbonyl (C=O) groups is 2. The maximum atomic E-state index is 13.9. The van der Waals surface area contributed by atoms with Gasteiger partial charge in [-0.15, -0.1) is 11.3 Å². The summed E-state index contributed by atoms with van der Waals surface area (Å²) in [5, 5.41) is 9.83. The van der Waals surface area contributed by atoms with Gasteiger partial charge in [-0.05, 0) is 35.4 Å². The first-order chi connectivity index (χ1) is 18.2. The zero-order valence-electron chi connectivity index (χ0n) is 19.8. The van der Waals surface area contributed by atoms with E-state index < -0.39 is 35.4 Å². The summed E-state index contributed by atoms with van der Waals surface area (Å²) in [6, 6.07) is 18.6. The van der Waals surface area contributed by atoms with Crippen LogP contribution in [0.15, 0.2) is 84.2 Å². The van der Waals surface area contributed by atoms with E-state index in [-0.39, 0.29) is 35.0 Å². The second-order valence-electron chi connectivity index (χ2n) is 8.27. The first-order valence-corrected chi connectivity index (χ1v) is 12.3. The van der Waals surface area contributed by atoms with E-state index in [9.17, 15) is 27.2 Å². The van der Waals surface area contributed by atoms with Crippen molar-refractivity contribution in [1.82, 2.24) is 15.6 Å². The number of para-hydroxylation sites is 1. The molecule has 6 nitrogen and oxygen atoms in total. The topological polar surface area (TPSA) is 83.1 Å². The molecule has 0 radical (unpaired) electrons. The standard InChI is InChI=1S/C27H22F4N4O2S/c28-20-11-4-5-12-21(20)34-26-35-23(16-38-26)25(37)33-22(14-17-7-2-1-3-8-17)24(36)32-15-18-9-6-10-19(13-18)27(29,30)31/h1-13,16,22H,14-15H2,(H,32,36)(H,33,37)(H,34,35)/t22-/m0/s1. The lowest BCUT2D eigenvalue weighted by Gasteiger charge is -2.18. The molecule has 0 aliphatic rings. The van der Waals surface area contributed by atoms with E-state index in [1.807, 2.05) is 6.07 Å². The number of aromatic nitrogens is 1. The third kappa shape index (κ3) is 7.16. The van der Waals surface area contributed by atoms with Crippen molar-refractivity contribution in [2.45, 2.75) is 25.2 Å². The summed E-state index contributed by atoms with van der Waals surface area (Å²) in [6.45, 7) is -0.155. The fourth-order valence-corrected chi connectivity index (χ4v) is 4.28. The highest BCUT2D eigenvalue weighted by atomic mass is 32.1. The quantitative estimate of drug-likeness (QED) is 0.237. The molecular weight excluding hydrogens is 520 g/mol. The van der Waals surface area contributed by atoms with Gasteiger partial charge in [0.25, 0.3) is 5.91 Å². The summed E-state index contributed by atoms with van der Waals surface area (Å²) in [7, 11) is 0. The fourth-order valence-electron chi connectivity index (χ4n) is 3.57. The average molecular weight is 543 g/mol. The van der Waals surface area contributed by atoms with Crippen molar-refractivity contribution < 1.29 is 27.2 Å². The lowest BCUT2D eigenvalue weighted by molar-refractivity contribution is -0.137. The Morgan fingerprint density at radius 2 is 1.63 bits per heavy atom. The number of thiazole rings is 1. The number of nitrogens with one attached hydrogen (secondary N) is 3. The molecule has 0 unspecified atom stereocenters. The highest BCUT2D eigenvalue weighted by Gasteiger charge is 2.30. The molecule has 0 aliphatic carbocycles. The second kappa shape index (κ2) is 11.9. The number of nitrogens with zero attached hydrogens (tertiary/aromatic N) is 1. The number of hydrogen-bond acceptors (Lipinski definition) is 5. The molecule has 2 amide bonds. The molecule has 1 aromatic heterocycles. The number of rotatable bonds is 9. The van der Waals surface area contributed by atoms with E-state index in [1.54, 1.807) is 36.4 Å². The van der Waals surface area contributed by atoms with E-state index in [1.165, 1.54) is 29.6 Å². The number of alkyl halides is 3. The Morgan fingerprint density at radius 3 is 2.37 bits per heavy atom. The summed E-state index contributed by atoms with van der Waals surface area (Å²) >= 11 is 1.09. The van der Waals surface area contributed by atoms with Crippen LogP contribution in [0.5, 0.6) is 0 Å². The Morgan fingerprint density at radius 1 is 0.921 bits per heavy atom. The van der Waals surface area contributed by atoms with Crippen LogP contribution in [0, 0.1) is 5.82 Å². The molecule has 1 heterocycles. The van der Waals surface area contributed by atoms with Crippen molar-refractivity contribution in [3.8, 4) is 0 Å². The lowest BCUT2D eigenvalue weighted by atomic mass is 10.0. The van der Waals surface area contributed by atoms with Gasteiger partial charge in [0.15, 0.2) is 5.13 Å². The molecule has 11 heteroatoms. The Bertz CT molecular complexity index is 1410. The number of hydrogen-bond donors (Lipinski definition) is 3. The number of anilines is 2. The summed E-state index contributed by atoms with van der Waals surface area (Å²) < 4.78 is 53.0. The Balaban J connectivity index is 1.45. The Kier molecular flexibility index (Phi) is 8.37. The second-order valence-corrected chi connectivity index (χ2v) is 9.13. The Labute approximate surface area is 219 Å². The van der Waals surface area contributed by atoms with Gasteiger partial charge < -0.3 is 16.0 Å². The van der Waals surface area contributed by atoms with E-state index in [2.05, 4.69) is 20.9 Å². The van der Waals surface area contributed by atoms with Crippen molar-refractivity contribution >= 4 is 34.0 Å². The number of halogens is 4. The van der Waals surface area contributed by atoms with Gasteiger partial charge in [-0.3, -0.25) is 9.59 Å². The van der Waals surface area contributed by atoms with Gasteiger partial charge in [0, 0.05) is 18.3 Å². The largest absolute Gasteiger partial charge is 0.416 e. The van der Waals surface area contributed by atoms with Crippen LogP contribution in [0.3, 0.4) is 0 Å². The normalized spacial score (nSPS) is 12.0. The maximum absolute atomic E-state index is 13.9. The molecule has 0 fully saturated rings. The first-order valence-electron chi connectivity index (χ1n) is 11.4. The summed E-state index contributed by atoms with van der Waals surface area (Å²) in [5.74, 6) is -1.67. The predicted molar refractivity (Wildman–Crippen MR) is 136 cm³/mol. The number of amides is 2. The molecule has 38 heavy (non-hydrogen) atoms. The Hall–Kier alpha value is -4.25. The highest BCUT2D eigenvalue weighted by Crippen LogP contribution is 2.29. The third-order valence-electron chi connectivity index (χ3n) is 5.48. The van der Waals surface area contributed by atoms with Crippen LogP contribution < -0.4 is 16.0 Å². The van der Waals surface area contributed by atoms with Crippen LogP contribution in [0.2, 0.25) is 0 Å². The van der Waals surface area contributed by atoms with Gasteiger partial charge in [0.2, 0.25) is 5.91 Å². The number of benzene rings is 3. The van der Waals surface area contributed by atoms with E-state index in [0.717, 1.165) is 29.0 Å². The monoisotopic (exact) mass is 542 g/mol. The van der Waals surface area contributed by atoms with Crippen molar-refractivity contribution in [2.75, 3.05) is 5.32 Å². The SMILES string of the molecule is O=C(N[C@@H](Cc1ccccc1)C(=O)NCc1cccc(C(F)(F)F)c1)c1csc(Nc2ccccc2F)n1. The molecular formula is C27H22F4N4O2S. The summed E-state index contributed by atoms with van der Waals surface area (Å²) in [4.78, 5) is 30.2. The van der Waals surface area contributed by atoms with Gasteiger partial charge in [-0.2, -0.15) is 13.2 Å². The van der Waals surface area contributed by atoms with Crippen LogP contribution in [-0.4, -0.2) is 22.8 Å². The minimum Gasteiger partial charge on any atom is -0.350 e. The first kappa shape index (κ1) is 26.8. The van der Waals surface area contributed by atoms with E-state index in [4.69, 9.17) is 0 Å². The number of carbonyl (C=O) groups excluding carboxylic acids is 2. The van der Waals surface area contributed by atoms with Crippen LogP contribution >= 0.6 is 11.3 Å². The zero-order chi connectivity index (χ0) is 27.1. The molecule has 1 atom stereocenters. The lowest BCUT2D eigenvalue weighted by Crippen LogP contribution is -2.48. The molecule has 4 aromatic rings. The molecule has 0 spiro atoms. The molecule has 3 aromatic carbocycles. The molecule has 0 bridgehead atoms. The molecule has 4 rings (SSSR count). The summed E-state index contributed by atoms with van der Waals surface area (Å²) in [5.41, 5.74) is 0.442. The minimum atomic E-state index is -4.50. The zero-order valence-corrected chi connectivity index (χ0v) is 20.6. The van der Waals surface area contributed by atoms with Crippen molar-refractivity contribution in [2.24, 2.45) is 0 Å². The maximum Gasteiger partial charge on any atom is 0.416 e. The van der Waals surface area contributed by atoms with E-state index >= 15 is 0 Å². The van der Waals surface area contributed by atoms with Gasteiger partial charge >= 0.3 is 6.18 Å². The molecule has 3 N–H and O–H groups in total. The third-order valence-corrected chi connectivity index (χ3v) is 6.24. The van der Waals surface area contributed by atoms with Crippen molar-refractivity contribution in [3.63, 3.8) is 0 Å². The molecule has 0 saturated carbocycles. The highest BCUT2D eigenvalue weighted by molar-refractivity contribution is 7.14. The fraction of sp³-hybridized carbons (Fsp3) is 0.148. The van der Waals surface area contributed by atoms with Crippen LogP contribution in [0.4, 0.5) is 28.4 Å². The molecule has 0 aliphatic heterocycles.